The van der Waals surface area contributed by atoms with Gasteiger partial charge in [0.15, 0.2) is 0 Å². The molecule has 1 aliphatic carbocycles. The molecule has 0 spiro atoms. The van der Waals surface area contributed by atoms with Crippen molar-refractivity contribution < 1.29 is 5.11 Å². The van der Waals surface area contributed by atoms with Crippen molar-refractivity contribution in [2.75, 3.05) is 18.5 Å². The van der Waals surface area contributed by atoms with Crippen LogP contribution in [0.2, 0.25) is 0 Å². The number of hydrogen-bond donors (Lipinski definition) is 1. The molecule has 1 aliphatic rings. The summed E-state index contributed by atoms with van der Waals surface area (Å²) in [5.74, 6) is 0.740. The minimum Gasteiger partial charge on any atom is -0.393 e. The Bertz CT molecular complexity index is 365. The number of rotatable bonds is 5. The Balaban J connectivity index is 1.86. The first-order valence-electron chi connectivity index (χ1n) is 7.67. The van der Waals surface area contributed by atoms with E-state index in [1.165, 1.54) is 36.9 Å². The topological polar surface area (TPSA) is 23.5 Å². The van der Waals surface area contributed by atoms with Crippen molar-refractivity contribution in [3.05, 3.63) is 29.8 Å². The highest BCUT2D eigenvalue weighted by Gasteiger charge is 2.20. The van der Waals surface area contributed by atoms with Crippen LogP contribution in [-0.4, -0.2) is 24.8 Å². The van der Waals surface area contributed by atoms with E-state index in [0.717, 1.165) is 25.3 Å². The molecule has 2 heteroatoms. The van der Waals surface area contributed by atoms with E-state index in [0.29, 0.717) is 0 Å². The first-order valence-corrected chi connectivity index (χ1v) is 7.67. The van der Waals surface area contributed by atoms with E-state index in [4.69, 9.17) is 0 Å². The second-order valence-corrected chi connectivity index (χ2v) is 5.97. The molecule has 1 aromatic rings. The van der Waals surface area contributed by atoms with Crippen molar-refractivity contribution in [3.63, 3.8) is 0 Å². The van der Waals surface area contributed by atoms with Gasteiger partial charge in [0, 0.05) is 19.3 Å². The SMILES string of the molecule is CCCc1ccc(N(C)CC2CCC(O)CC2)cc1. The summed E-state index contributed by atoms with van der Waals surface area (Å²) in [5.41, 5.74) is 2.74. The van der Waals surface area contributed by atoms with Crippen LogP contribution in [0.5, 0.6) is 0 Å². The van der Waals surface area contributed by atoms with Gasteiger partial charge in [0.1, 0.15) is 0 Å². The van der Waals surface area contributed by atoms with Crippen molar-refractivity contribution in [1.82, 2.24) is 0 Å². The monoisotopic (exact) mass is 261 g/mol. The van der Waals surface area contributed by atoms with Gasteiger partial charge < -0.3 is 10.0 Å². The van der Waals surface area contributed by atoms with Gasteiger partial charge >= 0.3 is 0 Å². The average Bonchev–Trinajstić information content (AvgIpc) is 2.42. The second kappa shape index (κ2) is 6.95. The lowest BCUT2D eigenvalue weighted by atomic mass is 9.87. The molecule has 1 saturated carbocycles. The summed E-state index contributed by atoms with van der Waals surface area (Å²) in [7, 11) is 2.18. The minimum absolute atomic E-state index is 0.0464. The van der Waals surface area contributed by atoms with E-state index in [9.17, 15) is 5.11 Å². The van der Waals surface area contributed by atoms with E-state index >= 15 is 0 Å². The van der Waals surface area contributed by atoms with Crippen LogP contribution in [0.3, 0.4) is 0 Å². The molecular formula is C17H27NO. The summed E-state index contributed by atoms with van der Waals surface area (Å²) >= 11 is 0. The van der Waals surface area contributed by atoms with Gasteiger partial charge in [-0.05, 0) is 55.7 Å². The number of aliphatic hydroxyl groups is 1. The number of benzene rings is 1. The molecule has 0 saturated heterocycles. The molecule has 106 valence electrons. The van der Waals surface area contributed by atoms with Crippen LogP contribution >= 0.6 is 0 Å². The quantitative estimate of drug-likeness (QED) is 0.875. The fourth-order valence-corrected chi connectivity index (χ4v) is 3.03. The summed E-state index contributed by atoms with van der Waals surface area (Å²) in [6.07, 6.45) is 6.63. The van der Waals surface area contributed by atoms with Crippen molar-refractivity contribution in [1.29, 1.82) is 0 Å². The molecule has 2 rings (SSSR count). The molecule has 0 radical (unpaired) electrons. The van der Waals surface area contributed by atoms with Gasteiger partial charge in [-0.3, -0.25) is 0 Å². The third-order valence-corrected chi connectivity index (χ3v) is 4.26. The molecular weight excluding hydrogens is 234 g/mol. The molecule has 2 nitrogen and oxygen atoms in total. The summed E-state index contributed by atoms with van der Waals surface area (Å²) in [6.45, 7) is 3.33. The molecule has 1 aromatic carbocycles. The lowest BCUT2D eigenvalue weighted by Crippen LogP contribution is -2.29. The lowest BCUT2D eigenvalue weighted by molar-refractivity contribution is 0.110. The Hall–Kier alpha value is -1.02. The Kier molecular flexibility index (Phi) is 5.26. The second-order valence-electron chi connectivity index (χ2n) is 5.97. The third kappa shape index (κ3) is 4.24. The van der Waals surface area contributed by atoms with Crippen molar-refractivity contribution in [3.8, 4) is 0 Å². The maximum Gasteiger partial charge on any atom is 0.0540 e. The molecule has 0 unspecified atom stereocenters. The third-order valence-electron chi connectivity index (χ3n) is 4.26. The summed E-state index contributed by atoms with van der Waals surface area (Å²) in [5, 5.41) is 9.55. The van der Waals surface area contributed by atoms with Crippen LogP contribution in [0.25, 0.3) is 0 Å². The van der Waals surface area contributed by atoms with Crippen LogP contribution in [0, 0.1) is 5.92 Å². The first kappa shape index (κ1) is 14.4. The van der Waals surface area contributed by atoms with Crippen molar-refractivity contribution in [2.45, 2.75) is 51.6 Å². The van der Waals surface area contributed by atoms with Gasteiger partial charge in [0.05, 0.1) is 6.10 Å². The summed E-state index contributed by atoms with van der Waals surface area (Å²) in [6, 6.07) is 8.98. The van der Waals surface area contributed by atoms with Gasteiger partial charge in [-0.2, -0.15) is 0 Å². The molecule has 1 N–H and O–H groups in total. The average molecular weight is 261 g/mol. The predicted molar refractivity (Wildman–Crippen MR) is 81.7 cm³/mol. The van der Waals surface area contributed by atoms with E-state index in [1.807, 2.05) is 0 Å². The Morgan fingerprint density at radius 3 is 2.32 bits per heavy atom. The van der Waals surface area contributed by atoms with Gasteiger partial charge in [0.2, 0.25) is 0 Å². The van der Waals surface area contributed by atoms with Crippen LogP contribution in [0.1, 0.15) is 44.6 Å². The predicted octanol–water partition coefficient (Wildman–Crippen LogP) is 3.63. The standard InChI is InChI=1S/C17H27NO/c1-3-4-14-5-9-16(10-6-14)18(2)13-15-7-11-17(19)12-8-15/h5-6,9-10,15,17,19H,3-4,7-8,11-13H2,1-2H3. The molecule has 0 amide bonds. The van der Waals surface area contributed by atoms with Crippen LogP contribution in [-0.2, 0) is 6.42 Å². The van der Waals surface area contributed by atoms with Gasteiger partial charge in [0.25, 0.3) is 0 Å². The van der Waals surface area contributed by atoms with E-state index in [1.54, 1.807) is 0 Å². The fraction of sp³-hybridized carbons (Fsp3) is 0.647. The Morgan fingerprint density at radius 2 is 1.74 bits per heavy atom. The lowest BCUT2D eigenvalue weighted by Gasteiger charge is -2.30. The molecule has 0 bridgehead atoms. The van der Waals surface area contributed by atoms with E-state index in [2.05, 4.69) is 43.1 Å². The number of nitrogens with zero attached hydrogens (tertiary/aromatic N) is 1. The molecule has 19 heavy (non-hydrogen) atoms. The molecule has 0 atom stereocenters. The largest absolute Gasteiger partial charge is 0.393 e. The zero-order valence-corrected chi connectivity index (χ0v) is 12.3. The van der Waals surface area contributed by atoms with E-state index in [-0.39, 0.29) is 6.10 Å². The van der Waals surface area contributed by atoms with Gasteiger partial charge in [-0.25, -0.2) is 0 Å². The molecule has 0 aliphatic heterocycles. The summed E-state index contributed by atoms with van der Waals surface area (Å²) in [4.78, 5) is 2.36. The number of aryl methyl sites for hydroxylation is 1. The maximum absolute atomic E-state index is 9.55. The fourth-order valence-electron chi connectivity index (χ4n) is 3.03. The number of anilines is 1. The highest BCUT2D eigenvalue weighted by molar-refractivity contribution is 5.46. The number of aliphatic hydroxyl groups excluding tert-OH is 1. The van der Waals surface area contributed by atoms with Crippen LogP contribution in [0.4, 0.5) is 5.69 Å². The highest BCUT2D eigenvalue weighted by atomic mass is 16.3. The smallest absolute Gasteiger partial charge is 0.0540 e. The molecule has 0 heterocycles. The number of hydrogen-bond acceptors (Lipinski definition) is 2. The van der Waals surface area contributed by atoms with Crippen LogP contribution in [0.15, 0.2) is 24.3 Å². The minimum atomic E-state index is -0.0464. The zero-order chi connectivity index (χ0) is 13.7. The molecule has 0 aromatic heterocycles. The summed E-state index contributed by atoms with van der Waals surface area (Å²) < 4.78 is 0. The Labute approximate surface area is 117 Å². The van der Waals surface area contributed by atoms with Crippen molar-refractivity contribution in [2.24, 2.45) is 5.92 Å². The van der Waals surface area contributed by atoms with Gasteiger partial charge in [-0.15, -0.1) is 0 Å². The van der Waals surface area contributed by atoms with Crippen molar-refractivity contribution >= 4 is 5.69 Å². The normalized spacial score (nSPS) is 23.3. The van der Waals surface area contributed by atoms with Crippen LogP contribution < -0.4 is 4.90 Å². The highest BCUT2D eigenvalue weighted by Crippen LogP contribution is 2.26. The molecule has 1 fully saturated rings. The van der Waals surface area contributed by atoms with E-state index < -0.39 is 0 Å². The van der Waals surface area contributed by atoms with Gasteiger partial charge in [-0.1, -0.05) is 25.5 Å². The zero-order valence-electron chi connectivity index (χ0n) is 12.3. The Morgan fingerprint density at radius 1 is 1.11 bits per heavy atom. The maximum atomic E-state index is 9.55. The first-order chi connectivity index (χ1) is 9.19.